The van der Waals surface area contributed by atoms with Gasteiger partial charge in [-0.1, -0.05) is 6.07 Å². The minimum absolute atomic E-state index is 0.121. The van der Waals surface area contributed by atoms with Crippen LogP contribution in [0, 0.1) is 25.7 Å². The van der Waals surface area contributed by atoms with Crippen molar-refractivity contribution in [2.24, 2.45) is 11.8 Å². The zero-order valence-corrected chi connectivity index (χ0v) is 17.4. The summed E-state index contributed by atoms with van der Waals surface area (Å²) in [5, 5.41) is 6.62. The van der Waals surface area contributed by atoms with Gasteiger partial charge >= 0.3 is 0 Å². The average molecular weight is 406 g/mol. The van der Waals surface area contributed by atoms with Crippen molar-refractivity contribution < 1.29 is 9.59 Å². The fourth-order valence-corrected chi connectivity index (χ4v) is 6.38. The van der Waals surface area contributed by atoms with Crippen molar-refractivity contribution in [1.29, 1.82) is 0 Å². The molecule has 7 nitrogen and oxygen atoms in total. The highest BCUT2D eigenvalue weighted by Gasteiger charge is 2.59. The number of nitrogens with one attached hydrogen (secondary N) is 2. The summed E-state index contributed by atoms with van der Waals surface area (Å²) in [4.78, 5) is 38.7. The number of pyridine rings is 1. The van der Waals surface area contributed by atoms with E-state index < -0.39 is 0 Å². The Balaban J connectivity index is 1.38. The van der Waals surface area contributed by atoms with Gasteiger partial charge in [0.25, 0.3) is 11.8 Å². The van der Waals surface area contributed by atoms with Gasteiger partial charge < -0.3 is 10.6 Å². The Morgan fingerprint density at radius 2 is 1.53 bits per heavy atom. The second kappa shape index (κ2) is 6.86. The predicted molar refractivity (Wildman–Crippen MR) is 111 cm³/mol. The molecule has 0 radical (unpaired) electrons. The molecule has 156 valence electrons. The van der Waals surface area contributed by atoms with Crippen LogP contribution < -0.4 is 10.6 Å². The van der Waals surface area contributed by atoms with Crippen LogP contribution in [-0.4, -0.2) is 37.8 Å². The fourth-order valence-electron chi connectivity index (χ4n) is 6.38. The highest BCUT2D eigenvalue weighted by molar-refractivity contribution is 5.93. The summed E-state index contributed by atoms with van der Waals surface area (Å²) in [6.07, 6.45) is 7.41. The number of amides is 2. The first-order valence-corrected chi connectivity index (χ1v) is 10.7. The number of hydrogen-bond acceptors (Lipinski definition) is 5. The molecule has 2 N–H and O–H groups in total. The van der Waals surface area contributed by atoms with Crippen molar-refractivity contribution in [3.63, 3.8) is 0 Å². The van der Waals surface area contributed by atoms with E-state index in [1.165, 1.54) is 6.42 Å². The molecule has 6 rings (SSSR count). The molecular formula is C23H27N5O2. The van der Waals surface area contributed by atoms with Gasteiger partial charge in [-0.3, -0.25) is 9.59 Å². The Hall–Kier alpha value is -2.83. The summed E-state index contributed by atoms with van der Waals surface area (Å²) < 4.78 is 0. The molecule has 0 aliphatic heterocycles. The molecule has 4 bridgehead atoms. The van der Waals surface area contributed by atoms with Crippen LogP contribution in [0.2, 0.25) is 0 Å². The zero-order chi connectivity index (χ0) is 20.9. The quantitative estimate of drug-likeness (QED) is 0.815. The number of rotatable bonds is 4. The lowest BCUT2D eigenvalue weighted by Gasteiger charge is -2.62. The second-order valence-corrected chi connectivity index (χ2v) is 9.62. The van der Waals surface area contributed by atoms with Gasteiger partial charge in [-0.25, -0.2) is 15.0 Å². The summed E-state index contributed by atoms with van der Waals surface area (Å²) >= 11 is 0. The van der Waals surface area contributed by atoms with Crippen LogP contribution >= 0.6 is 0 Å². The number of carbonyl (C=O) groups is 2. The monoisotopic (exact) mass is 405 g/mol. The van der Waals surface area contributed by atoms with Crippen molar-refractivity contribution in [3.8, 4) is 0 Å². The van der Waals surface area contributed by atoms with E-state index in [2.05, 4.69) is 25.6 Å². The number of aryl methyl sites for hydroxylation is 2. The maximum Gasteiger partial charge on any atom is 0.289 e. The predicted octanol–water partition coefficient (Wildman–Crippen LogP) is 2.74. The molecule has 4 saturated carbocycles. The second-order valence-electron chi connectivity index (χ2n) is 9.62. The Morgan fingerprint density at radius 1 is 0.900 bits per heavy atom. The van der Waals surface area contributed by atoms with Crippen molar-refractivity contribution in [2.45, 2.75) is 63.5 Å². The van der Waals surface area contributed by atoms with Gasteiger partial charge in [0, 0.05) is 28.7 Å². The van der Waals surface area contributed by atoms with Crippen LogP contribution in [-0.2, 0) is 0 Å². The van der Waals surface area contributed by atoms with E-state index >= 15 is 0 Å². The van der Waals surface area contributed by atoms with Crippen molar-refractivity contribution in [2.75, 3.05) is 0 Å². The molecule has 4 aliphatic carbocycles. The van der Waals surface area contributed by atoms with Crippen LogP contribution in [0.4, 0.5) is 0 Å². The SMILES string of the molecule is Cc1cccc(C(=O)NC23CC4CC(C2)CC(NC(=O)c2nccc(C)n2)(C4)C3)n1. The molecule has 4 fully saturated rings. The topological polar surface area (TPSA) is 96.9 Å². The first-order valence-electron chi connectivity index (χ1n) is 10.7. The normalized spacial score (nSPS) is 31.4. The molecular weight excluding hydrogens is 378 g/mol. The Morgan fingerprint density at radius 3 is 2.17 bits per heavy atom. The Labute approximate surface area is 176 Å². The summed E-state index contributed by atoms with van der Waals surface area (Å²) in [6.45, 7) is 3.74. The fraction of sp³-hybridized carbons (Fsp3) is 0.522. The number of hydrogen-bond donors (Lipinski definition) is 2. The molecule has 0 aromatic carbocycles. The van der Waals surface area contributed by atoms with Crippen LogP contribution in [0.25, 0.3) is 0 Å². The third kappa shape index (κ3) is 3.46. The lowest BCUT2D eigenvalue weighted by molar-refractivity contribution is -0.0449. The van der Waals surface area contributed by atoms with E-state index in [1.807, 2.05) is 26.0 Å². The maximum atomic E-state index is 13.0. The van der Waals surface area contributed by atoms with Gasteiger partial charge in [-0.05, 0) is 82.4 Å². The van der Waals surface area contributed by atoms with Gasteiger partial charge in [0.15, 0.2) is 0 Å². The molecule has 2 heterocycles. The summed E-state index contributed by atoms with van der Waals surface area (Å²) in [6, 6.07) is 7.29. The van der Waals surface area contributed by atoms with Gasteiger partial charge in [-0.15, -0.1) is 0 Å². The largest absolute Gasteiger partial charge is 0.345 e. The summed E-state index contributed by atoms with van der Waals surface area (Å²) in [5.41, 5.74) is 1.47. The Bertz CT molecular complexity index is 929. The molecule has 4 aliphatic rings. The van der Waals surface area contributed by atoms with Crippen molar-refractivity contribution in [3.05, 3.63) is 53.4 Å². The standard InChI is InChI=1S/C23H27N5O2/c1-14-4-3-5-18(25-14)20(29)27-22-9-16-8-17(10-22)12-23(11-16,13-22)28-21(30)19-24-7-6-15(2)26-19/h3-7,16-17H,8-13H2,1-2H3,(H,27,29)(H,28,30). The van der Waals surface area contributed by atoms with Crippen molar-refractivity contribution >= 4 is 11.8 Å². The van der Waals surface area contributed by atoms with Gasteiger partial charge in [-0.2, -0.15) is 0 Å². The van der Waals surface area contributed by atoms with Gasteiger partial charge in [0.05, 0.1) is 0 Å². The summed E-state index contributed by atoms with van der Waals surface area (Å²) in [7, 11) is 0. The molecule has 0 saturated heterocycles. The first kappa shape index (κ1) is 19.2. The lowest BCUT2D eigenvalue weighted by atomic mass is 9.50. The van der Waals surface area contributed by atoms with E-state index in [4.69, 9.17) is 0 Å². The highest BCUT2D eigenvalue weighted by atomic mass is 16.2. The number of nitrogens with zero attached hydrogens (tertiary/aromatic N) is 3. The van der Waals surface area contributed by atoms with E-state index in [0.717, 1.165) is 43.5 Å². The van der Waals surface area contributed by atoms with Crippen LogP contribution in [0.3, 0.4) is 0 Å². The number of carbonyl (C=O) groups excluding carboxylic acids is 2. The molecule has 7 heteroatoms. The van der Waals surface area contributed by atoms with E-state index in [-0.39, 0.29) is 28.7 Å². The van der Waals surface area contributed by atoms with E-state index in [0.29, 0.717) is 17.5 Å². The first-order chi connectivity index (χ1) is 14.3. The zero-order valence-electron chi connectivity index (χ0n) is 17.4. The highest BCUT2D eigenvalue weighted by Crippen LogP contribution is 2.57. The van der Waals surface area contributed by atoms with Crippen LogP contribution in [0.1, 0.15) is 71.0 Å². The maximum absolute atomic E-state index is 13.0. The minimum atomic E-state index is -0.304. The molecule has 2 unspecified atom stereocenters. The third-order valence-electron chi connectivity index (χ3n) is 6.94. The average Bonchev–Trinajstić information content (AvgIpc) is 2.66. The third-order valence-corrected chi connectivity index (χ3v) is 6.94. The van der Waals surface area contributed by atoms with E-state index in [9.17, 15) is 9.59 Å². The molecule has 30 heavy (non-hydrogen) atoms. The molecule has 2 aromatic heterocycles. The van der Waals surface area contributed by atoms with Crippen molar-refractivity contribution in [1.82, 2.24) is 25.6 Å². The molecule has 2 amide bonds. The lowest BCUT2D eigenvalue weighted by Crippen LogP contribution is -2.70. The molecule has 0 spiro atoms. The number of aromatic nitrogens is 3. The molecule has 2 atom stereocenters. The minimum Gasteiger partial charge on any atom is -0.345 e. The smallest absolute Gasteiger partial charge is 0.289 e. The summed E-state index contributed by atoms with van der Waals surface area (Å²) in [5.74, 6) is 0.894. The molecule has 2 aromatic rings. The van der Waals surface area contributed by atoms with Crippen LogP contribution in [0.15, 0.2) is 30.5 Å². The Kier molecular flexibility index (Phi) is 4.38. The van der Waals surface area contributed by atoms with Gasteiger partial charge in [0.2, 0.25) is 5.82 Å². The van der Waals surface area contributed by atoms with E-state index in [1.54, 1.807) is 18.3 Å². The van der Waals surface area contributed by atoms with Crippen LogP contribution in [0.5, 0.6) is 0 Å². The van der Waals surface area contributed by atoms with Gasteiger partial charge in [0.1, 0.15) is 5.69 Å².